The molecular formula is C10H18N6O3. The van der Waals surface area contributed by atoms with Crippen LogP contribution in [-0.4, -0.2) is 55.2 Å². The Bertz CT molecular complexity index is 405. The minimum Gasteiger partial charge on any atom is -0.481 e. The predicted molar refractivity (Wildman–Crippen MR) is 65.1 cm³/mol. The zero-order valence-corrected chi connectivity index (χ0v) is 11.0. The van der Waals surface area contributed by atoms with Crippen LogP contribution in [0.2, 0.25) is 0 Å². The maximum Gasteiger partial charge on any atom is 0.318 e. The average Bonchev–Trinajstić information content (AvgIpc) is 2.84. The van der Waals surface area contributed by atoms with E-state index in [4.69, 9.17) is 5.11 Å². The highest BCUT2D eigenvalue weighted by atomic mass is 16.4. The van der Waals surface area contributed by atoms with Crippen molar-refractivity contribution < 1.29 is 14.7 Å². The number of carbonyl (C=O) groups excluding carboxylic acids is 1. The first-order valence-corrected chi connectivity index (χ1v) is 5.99. The molecule has 1 heterocycles. The third-order valence-electron chi connectivity index (χ3n) is 2.46. The van der Waals surface area contributed by atoms with E-state index in [-0.39, 0.29) is 25.0 Å². The van der Waals surface area contributed by atoms with Crippen molar-refractivity contribution in [2.45, 2.75) is 39.3 Å². The molecule has 0 aliphatic carbocycles. The number of nitrogens with zero attached hydrogens (tertiary/aromatic N) is 4. The van der Waals surface area contributed by atoms with Crippen molar-refractivity contribution in [3.8, 4) is 0 Å². The molecule has 0 aliphatic heterocycles. The number of urea groups is 1. The smallest absolute Gasteiger partial charge is 0.318 e. The number of aliphatic carboxylic acids is 1. The number of nitrogens with one attached hydrogen (secondary N) is 2. The lowest BCUT2D eigenvalue weighted by atomic mass is 10.2. The van der Waals surface area contributed by atoms with Gasteiger partial charge in [-0.25, -0.2) is 4.79 Å². The fraction of sp³-hybridized carbons (Fsp3) is 0.700. The Labute approximate surface area is 110 Å². The lowest BCUT2D eigenvalue weighted by Crippen LogP contribution is -2.44. The Morgan fingerprint density at radius 1 is 1.47 bits per heavy atom. The van der Waals surface area contributed by atoms with E-state index in [2.05, 4.69) is 25.9 Å². The summed E-state index contributed by atoms with van der Waals surface area (Å²) in [6, 6.07) is -0.288. The van der Waals surface area contributed by atoms with Gasteiger partial charge in [0.25, 0.3) is 0 Å². The van der Waals surface area contributed by atoms with E-state index >= 15 is 0 Å². The number of hydrogen-bond acceptors (Lipinski definition) is 5. The van der Waals surface area contributed by atoms with E-state index in [0.717, 1.165) is 0 Å². The van der Waals surface area contributed by atoms with E-state index in [0.29, 0.717) is 18.8 Å². The third-order valence-corrected chi connectivity index (χ3v) is 2.46. The number of carboxylic acid groups (broad SMARTS) is 1. The maximum atomic E-state index is 11.9. The molecule has 1 rings (SSSR count). The highest BCUT2D eigenvalue weighted by molar-refractivity contribution is 5.74. The quantitative estimate of drug-likeness (QED) is 0.639. The Kier molecular flexibility index (Phi) is 5.71. The summed E-state index contributed by atoms with van der Waals surface area (Å²) in [6.07, 6.45) is 0.463. The zero-order chi connectivity index (χ0) is 14.3. The fourth-order valence-corrected chi connectivity index (χ4v) is 1.51. The summed E-state index contributed by atoms with van der Waals surface area (Å²) in [7, 11) is 0. The number of hydrogen-bond donors (Lipinski definition) is 3. The molecule has 0 fully saturated rings. The lowest BCUT2D eigenvalue weighted by Gasteiger charge is -2.26. The summed E-state index contributed by atoms with van der Waals surface area (Å²) in [4.78, 5) is 24.0. The third kappa shape index (κ3) is 5.32. The van der Waals surface area contributed by atoms with Gasteiger partial charge in [0.1, 0.15) is 0 Å². The molecule has 0 bridgehead atoms. The molecule has 3 N–H and O–H groups in total. The number of aromatic amines is 1. The van der Waals surface area contributed by atoms with Crippen LogP contribution in [0.15, 0.2) is 0 Å². The number of carbonyl (C=O) groups is 2. The predicted octanol–water partition coefficient (Wildman–Crippen LogP) is -0.0155. The highest BCUT2D eigenvalue weighted by Crippen LogP contribution is 2.03. The van der Waals surface area contributed by atoms with Gasteiger partial charge >= 0.3 is 12.0 Å². The van der Waals surface area contributed by atoms with Gasteiger partial charge in [-0.1, -0.05) is 5.21 Å². The summed E-state index contributed by atoms with van der Waals surface area (Å²) >= 11 is 0. The van der Waals surface area contributed by atoms with Crippen molar-refractivity contribution in [2.75, 3.05) is 6.54 Å². The van der Waals surface area contributed by atoms with Gasteiger partial charge in [0.2, 0.25) is 0 Å². The van der Waals surface area contributed by atoms with Crippen molar-refractivity contribution >= 4 is 12.0 Å². The Hall–Kier alpha value is -2.19. The van der Waals surface area contributed by atoms with Gasteiger partial charge < -0.3 is 15.3 Å². The first-order valence-electron chi connectivity index (χ1n) is 5.99. The molecule has 1 aromatic heterocycles. The summed E-state index contributed by atoms with van der Waals surface area (Å²) in [5.41, 5.74) is 0. The van der Waals surface area contributed by atoms with Crippen LogP contribution in [0.4, 0.5) is 4.79 Å². The second-order valence-electron chi connectivity index (χ2n) is 4.27. The second-order valence-corrected chi connectivity index (χ2v) is 4.27. The number of aromatic nitrogens is 4. The van der Waals surface area contributed by atoms with Crippen LogP contribution >= 0.6 is 0 Å². The van der Waals surface area contributed by atoms with Crippen molar-refractivity contribution in [1.82, 2.24) is 30.8 Å². The van der Waals surface area contributed by atoms with Gasteiger partial charge in [0, 0.05) is 19.0 Å². The molecule has 1 aromatic rings. The molecule has 19 heavy (non-hydrogen) atoms. The summed E-state index contributed by atoms with van der Waals surface area (Å²) in [5.74, 6) is -0.474. The molecule has 0 aromatic carbocycles. The van der Waals surface area contributed by atoms with E-state index < -0.39 is 5.97 Å². The molecule has 0 saturated heterocycles. The Morgan fingerprint density at radius 2 is 2.21 bits per heavy atom. The summed E-state index contributed by atoms with van der Waals surface area (Å²) in [6.45, 7) is 4.31. The monoisotopic (exact) mass is 270 g/mol. The standard InChI is InChI=1S/C10H18N6O3/c1-7(2)16(5-3-4-9(17)18)10(19)11-6-8-12-14-15-13-8/h7H,3-6H2,1-2H3,(H,11,19)(H,17,18)(H,12,13,14,15). The van der Waals surface area contributed by atoms with Crippen LogP contribution in [0.5, 0.6) is 0 Å². The van der Waals surface area contributed by atoms with E-state index in [1.807, 2.05) is 13.8 Å². The molecule has 9 nitrogen and oxygen atoms in total. The van der Waals surface area contributed by atoms with Gasteiger partial charge in [0.05, 0.1) is 6.54 Å². The van der Waals surface area contributed by atoms with Crippen LogP contribution < -0.4 is 5.32 Å². The van der Waals surface area contributed by atoms with Crippen molar-refractivity contribution in [3.63, 3.8) is 0 Å². The molecule has 2 amide bonds. The molecule has 106 valence electrons. The minimum atomic E-state index is -0.865. The average molecular weight is 270 g/mol. The normalized spacial score (nSPS) is 10.5. The molecule has 0 radical (unpaired) electrons. The maximum absolute atomic E-state index is 11.9. The van der Waals surface area contributed by atoms with Gasteiger partial charge in [-0.3, -0.25) is 4.79 Å². The topological polar surface area (TPSA) is 124 Å². The number of carboxylic acids is 1. The van der Waals surface area contributed by atoms with Crippen molar-refractivity contribution in [2.24, 2.45) is 0 Å². The fourth-order valence-electron chi connectivity index (χ4n) is 1.51. The highest BCUT2D eigenvalue weighted by Gasteiger charge is 2.17. The number of H-pyrrole nitrogens is 1. The van der Waals surface area contributed by atoms with Crippen LogP contribution in [0.3, 0.4) is 0 Å². The van der Waals surface area contributed by atoms with Crippen LogP contribution in [0.1, 0.15) is 32.5 Å². The zero-order valence-electron chi connectivity index (χ0n) is 11.0. The van der Waals surface area contributed by atoms with Gasteiger partial charge in [-0.15, -0.1) is 10.2 Å². The first kappa shape index (κ1) is 14.9. The molecule has 0 saturated carbocycles. The van der Waals surface area contributed by atoms with Crippen LogP contribution in [0, 0.1) is 0 Å². The van der Waals surface area contributed by atoms with E-state index in [1.165, 1.54) is 0 Å². The van der Waals surface area contributed by atoms with E-state index in [9.17, 15) is 9.59 Å². The number of tetrazole rings is 1. The SMILES string of the molecule is CC(C)N(CCCC(=O)O)C(=O)NCc1nn[nH]n1. The Balaban J connectivity index is 2.41. The Morgan fingerprint density at radius 3 is 2.74 bits per heavy atom. The minimum absolute atomic E-state index is 0.0148. The van der Waals surface area contributed by atoms with Gasteiger partial charge in [-0.2, -0.15) is 5.21 Å². The van der Waals surface area contributed by atoms with Crippen molar-refractivity contribution in [3.05, 3.63) is 5.82 Å². The summed E-state index contributed by atoms with van der Waals surface area (Å²) < 4.78 is 0. The summed E-state index contributed by atoms with van der Waals surface area (Å²) in [5, 5.41) is 24.4. The first-order chi connectivity index (χ1) is 9.00. The van der Waals surface area contributed by atoms with Gasteiger partial charge in [0.15, 0.2) is 5.82 Å². The van der Waals surface area contributed by atoms with Crippen LogP contribution in [0.25, 0.3) is 0 Å². The lowest BCUT2D eigenvalue weighted by molar-refractivity contribution is -0.137. The number of rotatable bonds is 7. The van der Waals surface area contributed by atoms with Crippen LogP contribution in [-0.2, 0) is 11.3 Å². The molecule has 0 unspecified atom stereocenters. The number of amides is 2. The second kappa shape index (κ2) is 7.29. The molecule has 0 aliphatic rings. The molecule has 9 heteroatoms. The van der Waals surface area contributed by atoms with Crippen molar-refractivity contribution in [1.29, 1.82) is 0 Å². The molecule has 0 spiro atoms. The van der Waals surface area contributed by atoms with E-state index in [1.54, 1.807) is 4.90 Å². The largest absolute Gasteiger partial charge is 0.481 e. The molecule has 0 atom stereocenters. The molecular weight excluding hydrogens is 252 g/mol. The van der Waals surface area contributed by atoms with Gasteiger partial charge in [-0.05, 0) is 20.3 Å².